The Morgan fingerprint density at radius 1 is 1.11 bits per heavy atom. The van der Waals surface area contributed by atoms with Gasteiger partial charge in [0.1, 0.15) is 5.75 Å². The van der Waals surface area contributed by atoms with E-state index in [1.165, 1.54) is 0 Å². The van der Waals surface area contributed by atoms with Crippen molar-refractivity contribution in [2.45, 2.75) is 13.3 Å². The summed E-state index contributed by atoms with van der Waals surface area (Å²) in [4.78, 5) is 11.9. The third-order valence-corrected chi connectivity index (χ3v) is 2.76. The molecule has 2 aromatic carbocycles. The number of rotatable bonds is 3. The van der Waals surface area contributed by atoms with Crippen LogP contribution in [0.1, 0.15) is 11.1 Å². The van der Waals surface area contributed by atoms with Crippen LogP contribution in [-0.4, -0.2) is 11.0 Å². The Hall–Kier alpha value is -2.29. The van der Waals surface area contributed by atoms with Crippen molar-refractivity contribution in [2.24, 2.45) is 0 Å². The summed E-state index contributed by atoms with van der Waals surface area (Å²) in [7, 11) is 0. The van der Waals surface area contributed by atoms with E-state index < -0.39 is 0 Å². The van der Waals surface area contributed by atoms with Crippen LogP contribution in [0.5, 0.6) is 5.75 Å². The highest BCUT2D eigenvalue weighted by atomic mass is 16.3. The Bertz CT molecular complexity index is 514. The quantitative estimate of drug-likeness (QED) is 0.868. The number of nitrogens with one attached hydrogen (secondary N) is 1. The molecule has 0 saturated heterocycles. The average Bonchev–Trinajstić information content (AvgIpc) is 2.35. The number of aryl methyl sites for hydroxylation is 1. The zero-order valence-electron chi connectivity index (χ0n) is 10.2. The predicted molar refractivity (Wildman–Crippen MR) is 71.6 cm³/mol. The molecular formula is C15H15NO2. The fourth-order valence-electron chi connectivity index (χ4n) is 1.74. The van der Waals surface area contributed by atoms with Crippen LogP contribution in [0.25, 0.3) is 0 Å². The highest BCUT2D eigenvalue weighted by Crippen LogP contribution is 2.18. The maximum Gasteiger partial charge on any atom is 0.228 e. The van der Waals surface area contributed by atoms with Crippen molar-refractivity contribution in [1.82, 2.24) is 0 Å². The normalized spacial score (nSPS) is 10.1. The Kier molecular flexibility index (Phi) is 3.63. The molecule has 18 heavy (non-hydrogen) atoms. The topological polar surface area (TPSA) is 49.3 Å². The zero-order chi connectivity index (χ0) is 13.0. The molecule has 3 heteroatoms. The minimum Gasteiger partial charge on any atom is -0.508 e. The fourth-order valence-corrected chi connectivity index (χ4v) is 1.74. The summed E-state index contributed by atoms with van der Waals surface area (Å²) < 4.78 is 0. The SMILES string of the molecule is Cc1ccccc1NC(=O)Cc1ccccc1O. The Morgan fingerprint density at radius 3 is 2.50 bits per heavy atom. The lowest BCUT2D eigenvalue weighted by molar-refractivity contribution is -0.115. The average molecular weight is 241 g/mol. The van der Waals surface area contributed by atoms with Gasteiger partial charge < -0.3 is 10.4 Å². The van der Waals surface area contributed by atoms with Crippen molar-refractivity contribution in [3.05, 3.63) is 59.7 Å². The molecule has 0 atom stereocenters. The summed E-state index contributed by atoms with van der Waals surface area (Å²) in [6, 6.07) is 14.5. The molecule has 0 heterocycles. The summed E-state index contributed by atoms with van der Waals surface area (Å²) in [5, 5.41) is 12.4. The van der Waals surface area contributed by atoms with Crippen LogP contribution >= 0.6 is 0 Å². The molecule has 0 unspecified atom stereocenters. The number of carbonyl (C=O) groups excluding carboxylic acids is 1. The summed E-state index contributed by atoms with van der Waals surface area (Å²) in [6.07, 6.45) is 0.168. The van der Waals surface area contributed by atoms with Gasteiger partial charge in [0, 0.05) is 11.3 Å². The van der Waals surface area contributed by atoms with E-state index in [2.05, 4.69) is 5.32 Å². The van der Waals surface area contributed by atoms with E-state index >= 15 is 0 Å². The number of para-hydroxylation sites is 2. The van der Waals surface area contributed by atoms with Crippen molar-refractivity contribution in [3.63, 3.8) is 0 Å². The summed E-state index contributed by atoms with van der Waals surface area (Å²) in [6.45, 7) is 1.94. The maximum atomic E-state index is 11.9. The lowest BCUT2D eigenvalue weighted by Gasteiger charge is -2.08. The molecule has 0 aliphatic carbocycles. The largest absolute Gasteiger partial charge is 0.508 e. The third-order valence-electron chi connectivity index (χ3n) is 2.76. The molecule has 0 radical (unpaired) electrons. The monoisotopic (exact) mass is 241 g/mol. The zero-order valence-corrected chi connectivity index (χ0v) is 10.2. The van der Waals surface area contributed by atoms with E-state index in [1.807, 2.05) is 31.2 Å². The minimum atomic E-state index is -0.134. The molecule has 2 aromatic rings. The molecule has 0 spiro atoms. The van der Waals surface area contributed by atoms with Crippen molar-refractivity contribution >= 4 is 11.6 Å². The number of hydrogen-bond donors (Lipinski definition) is 2. The van der Waals surface area contributed by atoms with E-state index in [0.29, 0.717) is 5.56 Å². The van der Waals surface area contributed by atoms with Gasteiger partial charge in [-0.2, -0.15) is 0 Å². The first-order valence-electron chi connectivity index (χ1n) is 5.79. The van der Waals surface area contributed by atoms with Crippen LogP contribution in [-0.2, 0) is 11.2 Å². The standard InChI is InChI=1S/C15H15NO2/c1-11-6-2-4-8-13(11)16-15(18)10-12-7-3-5-9-14(12)17/h2-9,17H,10H2,1H3,(H,16,18). The minimum absolute atomic E-state index is 0.134. The number of benzene rings is 2. The summed E-state index contributed by atoms with van der Waals surface area (Å²) >= 11 is 0. The number of amides is 1. The summed E-state index contributed by atoms with van der Waals surface area (Å²) in [5.41, 5.74) is 2.45. The number of anilines is 1. The Balaban J connectivity index is 2.06. The van der Waals surface area contributed by atoms with Gasteiger partial charge >= 0.3 is 0 Å². The molecule has 0 aromatic heterocycles. The van der Waals surface area contributed by atoms with Crippen LogP contribution < -0.4 is 5.32 Å². The Morgan fingerprint density at radius 2 is 1.78 bits per heavy atom. The molecule has 0 aliphatic heterocycles. The van der Waals surface area contributed by atoms with Gasteiger partial charge in [-0.1, -0.05) is 36.4 Å². The molecule has 2 rings (SSSR count). The second kappa shape index (κ2) is 5.36. The first-order valence-corrected chi connectivity index (χ1v) is 5.79. The van der Waals surface area contributed by atoms with E-state index in [1.54, 1.807) is 24.3 Å². The van der Waals surface area contributed by atoms with Crippen LogP contribution in [0.3, 0.4) is 0 Å². The van der Waals surface area contributed by atoms with Crippen molar-refractivity contribution in [3.8, 4) is 5.75 Å². The molecule has 0 bridgehead atoms. The van der Waals surface area contributed by atoms with Gasteiger partial charge in [-0.3, -0.25) is 4.79 Å². The van der Waals surface area contributed by atoms with Crippen LogP contribution in [0.15, 0.2) is 48.5 Å². The van der Waals surface area contributed by atoms with Crippen LogP contribution in [0, 0.1) is 6.92 Å². The lowest BCUT2D eigenvalue weighted by Crippen LogP contribution is -2.15. The summed E-state index contributed by atoms with van der Waals surface area (Å²) in [5.74, 6) is 0.0169. The molecule has 3 nitrogen and oxygen atoms in total. The second-order valence-electron chi connectivity index (χ2n) is 4.17. The highest BCUT2D eigenvalue weighted by Gasteiger charge is 2.08. The number of phenolic OH excluding ortho intramolecular Hbond substituents is 1. The number of aromatic hydroxyl groups is 1. The highest BCUT2D eigenvalue weighted by molar-refractivity contribution is 5.93. The van der Waals surface area contributed by atoms with E-state index in [0.717, 1.165) is 11.3 Å². The van der Waals surface area contributed by atoms with Gasteiger partial charge in [-0.05, 0) is 24.6 Å². The van der Waals surface area contributed by atoms with Crippen LogP contribution in [0.2, 0.25) is 0 Å². The van der Waals surface area contributed by atoms with Gasteiger partial charge in [-0.15, -0.1) is 0 Å². The van der Waals surface area contributed by atoms with Crippen molar-refractivity contribution < 1.29 is 9.90 Å². The molecule has 0 aliphatic rings. The van der Waals surface area contributed by atoms with Gasteiger partial charge in [0.15, 0.2) is 0 Å². The van der Waals surface area contributed by atoms with E-state index in [-0.39, 0.29) is 18.1 Å². The Labute approximate surface area is 106 Å². The molecule has 0 fully saturated rings. The van der Waals surface area contributed by atoms with Crippen molar-refractivity contribution in [2.75, 3.05) is 5.32 Å². The van der Waals surface area contributed by atoms with Crippen molar-refractivity contribution in [1.29, 1.82) is 0 Å². The lowest BCUT2D eigenvalue weighted by atomic mass is 10.1. The number of hydrogen-bond acceptors (Lipinski definition) is 2. The molecule has 0 saturated carbocycles. The van der Waals surface area contributed by atoms with Gasteiger partial charge in [-0.25, -0.2) is 0 Å². The third kappa shape index (κ3) is 2.88. The van der Waals surface area contributed by atoms with E-state index in [4.69, 9.17) is 0 Å². The molecular weight excluding hydrogens is 226 g/mol. The number of phenols is 1. The van der Waals surface area contributed by atoms with E-state index in [9.17, 15) is 9.90 Å². The first kappa shape index (κ1) is 12.2. The van der Waals surface area contributed by atoms with Gasteiger partial charge in [0.25, 0.3) is 0 Å². The molecule has 1 amide bonds. The molecule has 92 valence electrons. The maximum absolute atomic E-state index is 11.9. The predicted octanol–water partition coefficient (Wildman–Crippen LogP) is 2.88. The van der Waals surface area contributed by atoms with Crippen LogP contribution in [0.4, 0.5) is 5.69 Å². The molecule has 2 N–H and O–H groups in total. The van der Waals surface area contributed by atoms with Gasteiger partial charge in [0.05, 0.1) is 6.42 Å². The smallest absolute Gasteiger partial charge is 0.228 e. The number of carbonyl (C=O) groups is 1. The first-order chi connectivity index (χ1) is 8.66. The van der Waals surface area contributed by atoms with Gasteiger partial charge in [0.2, 0.25) is 5.91 Å². The second-order valence-corrected chi connectivity index (χ2v) is 4.17. The fraction of sp³-hybridized carbons (Fsp3) is 0.133.